The third-order valence-corrected chi connectivity index (χ3v) is 6.91. The van der Waals surface area contributed by atoms with Crippen molar-refractivity contribution in [1.82, 2.24) is 9.80 Å². The van der Waals surface area contributed by atoms with Crippen LogP contribution in [0.4, 0.5) is 5.69 Å². The Hall–Kier alpha value is -2.90. The fourth-order valence-corrected chi connectivity index (χ4v) is 4.63. The van der Waals surface area contributed by atoms with Crippen molar-refractivity contribution in [2.75, 3.05) is 38.6 Å². The molecule has 2 amide bonds. The number of carbonyl (C=O) groups excluding carboxylic acids is 2. The number of fused-ring (bicyclic) bond motifs is 1. The highest BCUT2D eigenvalue weighted by Crippen LogP contribution is 2.32. The number of hydrogen-bond acceptors (Lipinski definition) is 5. The van der Waals surface area contributed by atoms with Gasteiger partial charge in [-0.3, -0.25) is 9.59 Å². The van der Waals surface area contributed by atoms with Crippen molar-refractivity contribution in [3.63, 3.8) is 0 Å². The van der Waals surface area contributed by atoms with Crippen molar-refractivity contribution in [2.24, 2.45) is 11.8 Å². The molecule has 4 rings (SSSR count). The van der Waals surface area contributed by atoms with Gasteiger partial charge in [0.2, 0.25) is 5.91 Å². The monoisotopic (exact) mass is 479 g/mol. The van der Waals surface area contributed by atoms with Crippen LogP contribution in [0.2, 0.25) is 0 Å². The number of anilines is 1. The summed E-state index contributed by atoms with van der Waals surface area (Å²) in [5, 5.41) is 12.8. The highest BCUT2D eigenvalue weighted by atomic mass is 16.5. The summed E-state index contributed by atoms with van der Waals surface area (Å²) in [6.45, 7) is 6.15. The zero-order valence-corrected chi connectivity index (χ0v) is 20.9. The smallest absolute Gasteiger partial charge is 0.258 e. The van der Waals surface area contributed by atoms with E-state index in [2.05, 4.69) is 24.2 Å². The molecule has 1 aliphatic heterocycles. The first kappa shape index (κ1) is 25.2. The van der Waals surface area contributed by atoms with Gasteiger partial charge in [-0.25, -0.2) is 0 Å². The number of amides is 2. The Kier molecular flexibility index (Phi) is 8.08. The topological polar surface area (TPSA) is 82.1 Å². The molecule has 1 heterocycles. The fourth-order valence-electron chi connectivity index (χ4n) is 4.63. The molecule has 3 atom stereocenters. The van der Waals surface area contributed by atoms with Gasteiger partial charge in [-0.15, -0.1) is 0 Å². The van der Waals surface area contributed by atoms with E-state index in [0.717, 1.165) is 24.6 Å². The lowest BCUT2D eigenvalue weighted by atomic mass is 9.99. The van der Waals surface area contributed by atoms with Gasteiger partial charge in [0.05, 0.1) is 24.6 Å². The Bertz CT molecular complexity index is 1020. The van der Waals surface area contributed by atoms with Gasteiger partial charge in [-0.2, -0.15) is 0 Å². The summed E-state index contributed by atoms with van der Waals surface area (Å²) < 4.78 is 6.45. The maximum Gasteiger partial charge on any atom is 0.258 e. The van der Waals surface area contributed by atoms with E-state index in [-0.39, 0.29) is 42.9 Å². The minimum Gasteiger partial charge on any atom is -0.488 e. The summed E-state index contributed by atoms with van der Waals surface area (Å²) in [6.07, 6.45) is 2.74. The first-order valence-corrected chi connectivity index (χ1v) is 12.6. The van der Waals surface area contributed by atoms with Gasteiger partial charge in [0, 0.05) is 31.2 Å². The second-order valence-electron chi connectivity index (χ2n) is 10.2. The standard InChI is InChI=1S/C28H37N3O4/c1-19-15-31(20(2)18-32)28(34)24-14-23(29-27(33)13-21-7-5-4-6-8-21)11-12-25(24)35-26(19)17-30(3)16-22-9-10-22/h4-8,11-12,14,19-20,22,26,32H,9-10,13,15-18H2,1-3H3,(H,29,33)/t19-,20-,26-/m0/s1. The second-order valence-corrected chi connectivity index (χ2v) is 10.2. The van der Waals surface area contributed by atoms with Crippen LogP contribution in [0.5, 0.6) is 5.75 Å². The summed E-state index contributed by atoms with van der Waals surface area (Å²) in [6, 6.07) is 14.5. The molecule has 7 nitrogen and oxygen atoms in total. The molecule has 2 aromatic rings. The molecule has 1 aliphatic carbocycles. The van der Waals surface area contributed by atoms with E-state index in [9.17, 15) is 14.7 Å². The van der Waals surface area contributed by atoms with Crippen LogP contribution in [0.15, 0.2) is 48.5 Å². The summed E-state index contributed by atoms with van der Waals surface area (Å²) in [7, 11) is 2.12. The molecule has 0 aromatic heterocycles. The van der Waals surface area contributed by atoms with Crippen LogP contribution in [0, 0.1) is 11.8 Å². The van der Waals surface area contributed by atoms with Crippen LogP contribution in [0.3, 0.4) is 0 Å². The van der Waals surface area contributed by atoms with Gasteiger partial charge in [-0.05, 0) is 56.5 Å². The maximum atomic E-state index is 13.6. The molecule has 2 aliphatic rings. The number of aliphatic hydroxyl groups is 1. The Morgan fingerprint density at radius 1 is 1.20 bits per heavy atom. The van der Waals surface area contributed by atoms with Crippen LogP contribution in [-0.4, -0.2) is 72.2 Å². The minimum atomic E-state index is -0.322. The van der Waals surface area contributed by atoms with Crippen molar-refractivity contribution in [3.05, 3.63) is 59.7 Å². The molecule has 0 radical (unpaired) electrons. The Labute approximate surface area is 208 Å². The average Bonchev–Trinajstić information content (AvgIpc) is 3.65. The highest BCUT2D eigenvalue weighted by molar-refractivity contribution is 6.00. The first-order valence-electron chi connectivity index (χ1n) is 12.6. The number of benzene rings is 2. The molecule has 0 bridgehead atoms. The molecule has 0 spiro atoms. The molecule has 35 heavy (non-hydrogen) atoms. The van der Waals surface area contributed by atoms with E-state index in [4.69, 9.17) is 4.74 Å². The summed E-state index contributed by atoms with van der Waals surface area (Å²) in [5.41, 5.74) is 1.88. The molecule has 188 valence electrons. The van der Waals surface area contributed by atoms with Gasteiger partial charge in [-0.1, -0.05) is 37.3 Å². The lowest BCUT2D eigenvalue weighted by molar-refractivity contribution is -0.115. The highest BCUT2D eigenvalue weighted by Gasteiger charge is 2.34. The van der Waals surface area contributed by atoms with Gasteiger partial charge in [0.25, 0.3) is 5.91 Å². The van der Waals surface area contributed by atoms with Crippen molar-refractivity contribution in [2.45, 2.75) is 45.3 Å². The van der Waals surface area contributed by atoms with Crippen molar-refractivity contribution in [1.29, 1.82) is 0 Å². The first-order chi connectivity index (χ1) is 16.8. The molecule has 1 saturated carbocycles. The molecule has 2 N–H and O–H groups in total. The number of aliphatic hydroxyl groups excluding tert-OH is 1. The molecule has 0 unspecified atom stereocenters. The van der Waals surface area contributed by atoms with Crippen LogP contribution in [0.1, 0.15) is 42.6 Å². The van der Waals surface area contributed by atoms with Crippen LogP contribution >= 0.6 is 0 Å². The quantitative estimate of drug-likeness (QED) is 0.576. The van der Waals surface area contributed by atoms with Gasteiger partial charge < -0.3 is 25.0 Å². The Morgan fingerprint density at radius 2 is 1.94 bits per heavy atom. The summed E-state index contributed by atoms with van der Waals surface area (Å²) in [4.78, 5) is 30.2. The minimum absolute atomic E-state index is 0.0907. The summed E-state index contributed by atoms with van der Waals surface area (Å²) in [5.74, 6) is 1.04. The summed E-state index contributed by atoms with van der Waals surface area (Å²) >= 11 is 0. The van der Waals surface area contributed by atoms with Crippen molar-refractivity contribution < 1.29 is 19.4 Å². The maximum absolute atomic E-state index is 13.6. The molecule has 0 saturated heterocycles. The van der Waals surface area contributed by atoms with Gasteiger partial charge >= 0.3 is 0 Å². The van der Waals surface area contributed by atoms with E-state index in [1.807, 2.05) is 37.3 Å². The number of carbonyl (C=O) groups is 2. The fraction of sp³-hybridized carbons (Fsp3) is 0.500. The molecular formula is C28H37N3O4. The second kappa shape index (κ2) is 11.2. The lowest BCUT2D eigenvalue weighted by Crippen LogP contribution is -2.50. The van der Waals surface area contributed by atoms with Crippen molar-refractivity contribution in [3.8, 4) is 5.75 Å². The molecule has 1 fully saturated rings. The number of nitrogens with zero attached hydrogens (tertiary/aromatic N) is 2. The number of ether oxygens (including phenoxy) is 1. The normalized spacial score (nSPS) is 21.1. The van der Waals surface area contributed by atoms with Crippen LogP contribution in [0.25, 0.3) is 0 Å². The predicted octanol–water partition coefficient (Wildman–Crippen LogP) is 3.43. The number of likely N-dealkylation sites (N-methyl/N-ethyl adjacent to an activating group) is 1. The predicted molar refractivity (Wildman–Crippen MR) is 137 cm³/mol. The average molecular weight is 480 g/mol. The third kappa shape index (κ3) is 6.61. The van der Waals surface area contributed by atoms with E-state index >= 15 is 0 Å². The zero-order valence-electron chi connectivity index (χ0n) is 20.9. The molecular weight excluding hydrogens is 442 g/mol. The SMILES string of the molecule is C[C@H]1CN([C@@H](C)CO)C(=O)c2cc(NC(=O)Cc3ccccc3)ccc2O[C@H]1CN(C)CC1CC1. The third-order valence-electron chi connectivity index (χ3n) is 6.91. The van der Waals surface area contributed by atoms with E-state index in [1.54, 1.807) is 23.1 Å². The van der Waals surface area contributed by atoms with Crippen LogP contribution < -0.4 is 10.1 Å². The largest absolute Gasteiger partial charge is 0.488 e. The molecule has 2 aromatic carbocycles. The van der Waals surface area contributed by atoms with Crippen LogP contribution in [-0.2, 0) is 11.2 Å². The van der Waals surface area contributed by atoms with Gasteiger partial charge in [0.1, 0.15) is 11.9 Å². The zero-order chi connectivity index (χ0) is 24.9. The van der Waals surface area contributed by atoms with E-state index < -0.39 is 0 Å². The lowest BCUT2D eigenvalue weighted by Gasteiger charge is -2.38. The van der Waals surface area contributed by atoms with Gasteiger partial charge in [0.15, 0.2) is 0 Å². The number of rotatable bonds is 9. The molecule has 7 heteroatoms. The number of nitrogens with one attached hydrogen (secondary N) is 1. The van der Waals surface area contributed by atoms with E-state index in [1.165, 1.54) is 12.8 Å². The number of hydrogen-bond donors (Lipinski definition) is 2. The van der Waals surface area contributed by atoms with E-state index in [0.29, 0.717) is 23.5 Å². The Morgan fingerprint density at radius 3 is 2.63 bits per heavy atom. The van der Waals surface area contributed by atoms with Crippen molar-refractivity contribution >= 4 is 17.5 Å². The Balaban J connectivity index is 1.56.